The van der Waals surface area contributed by atoms with Gasteiger partial charge >= 0.3 is 8.80 Å². The van der Waals surface area contributed by atoms with E-state index in [1.807, 2.05) is 20.8 Å². The first-order valence-electron chi connectivity index (χ1n) is 8.20. The van der Waals surface area contributed by atoms with Crippen molar-refractivity contribution in [3.05, 3.63) is 0 Å². The molecule has 1 unspecified atom stereocenters. The largest absolute Gasteiger partial charge is 0.502 e. The summed E-state index contributed by atoms with van der Waals surface area (Å²) in [6.07, 6.45) is 1.73. The van der Waals surface area contributed by atoms with Gasteiger partial charge in [-0.05, 0) is 38.2 Å². The lowest BCUT2D eigenvalue weighted by molar-refractivity contribution is -0.191. The van der Waals surface area contributed by atoms with E-state index in [-0.39, 0.29) is 22.7 Å². The van der Waals surface area contributed by atoms with Crippen LogP contribution in [0.1, 0.15) is 47.5 Å². The van der Waals surface area contributed by atoms with Crippen LogP contribution in [0.4, 0.5) is 0 Å². The lowest BCUT2D eigenvalue weighted by atomic mass is 9.84. The molecule has 1 aliphatic heterocycles. The molecular weight excluding hydrogens is 316 g/mol. The average molecular weight is 353 g/mol. The van der Waals surface area contributed by atoms with Gasteiger partial charge in [-0.2, -0.15) is 0 Å². The van der Waals surface area contributed by atoms with Gasteiger partial charge in [-0.15, -0.1) is 0 Å². The summed E-state index contributed by atoms with van der Waals surface area (Å²) < 4.78 is 29.1. The summed E-state index contributed by atoms with van der Waals surface area (Å²) in [5.74, 6) is 0. The molecule has 1 rings (SSSR count). The van der Waals surface area contributed by atoms with Crippen molar-refractivity contribution in [2.45, 2.75) is 59.8 Å². The van der Waals surface area contributed by atoms with E-state index in [1.54, 1.807) is 0 Å². The first-order valence-corrected chi connectivity index (χ1v) is 10.1. The lowest BCUT2D eigenvalue weighted by Crippen LogP contribution is -2.50. The van der Waals surface area contributed by atoms with E-state index in [1.165, 1.54) is 0 Å². The Morgan fingerprint density at radius 3 is 2.05 bits per heavy atom. The summed E-state index contributed by atoms with van der Waals surface area (Å²) in [5, 5.41) is 0. The lowest BCUT2D eigenvalue weighted by Gasteiger charge is -2.41. The summed E-state index contributed by atoms with van der Waals surface area (Å²) in [5.41, 5.74) is 0.170. The van der Waals surface area contributed by atoms with Crippen LogP contribution in [0.25, 0.3) is 0 Å². The fourth-order valence-electron chi connectivity index (χ4n) is 2.42. The zero-order chi connectivity index (χ0) is 15.8. The highest BCUT2D eigenvalue weighted by molar-refractivity contribution is 6.60. The molecule has 0 radical (unpaired) electrons. The Morgan fingerprint density at radius 2 is 1.68 bits per heavy atom. The van der Waals surface area contributed by atoms with E-state index < -0.39 is 8.80 Å². The number of ether oxygens (including phenoxy) is 2. The molecule has 0 saturated carbocycles. The second-order valence-electron chi connectivity index (χ2n) is 5.64. The molecule has 1 saturated heterocycles. The highest BCUT2D eigenvalue weighted by Crippen LogP contribution is 2.32. The molecule has 5 nitrogen and oxygen atoms in total. The Bertz CT molecular complexity index is 265. The van der Waals surface area contributed by atoms with Gasteiger partial charge in [0, 0.05) is 24.7 Å². The third kappa shape index (κ3) is 6.39. The van der Waals surface area contributed by atoms with Gasteiger partial charge in [0.2, 0.25) is 0 Å². The van der Waals surface area contributed by atoms with Gasteiger partial charge in [-0.25, -0.2) is 0 Å². The minimum atomic E-state index is -2.61. The van der Waals surface area contributed by atoms with Gasteiger partial charge in [0.15, 0.2) is 0 Å². The molecule has 0 amide bonds. The van der Waals surface area contributed by atoms with Crippen molar-refractivity contribution < 1.29 is 22.8 Å². The Labute approximate surface area is 141 Å². The molecule has 0 bridgehead atoms. The molecule has 1 heterocycles. The van der Waals surface area contributed by atoms with Crippen molar-refractivity contribution in [1.82, 2.24) is 0 Å². The van der Waals surface area contributed by atoms with Crippen molar-refractivity contribution in [1.29, 1.82) is 0 Å². The molecule has 1 atom stereocenters. The first-order chi connectivity index (χ1) is 10.1. The van der Waals surface area contributed by atoms with Gasteiger partial charge in [0.05, 0.1) is 19.8 Å². The fraction of sp³-hybridized carbons (Fsp3) is 1.00. The Morgan fingerprint density at radius 1 is 1.09 bits per heavy atom. The summed E-state index contributed by atoms with van der Waals surface area (Å²) in [4.78, 5) is 0. The number of hydrogen-bond donors (Lipinski definition) is 0. The monoisotopic (exact) mass is 352 g/mol. The van der Waals surface area contributed by atoms with Crippen LogP contribution in [-0.4, -0.2) is 59.1 Å². The third-order valence-corrected chi connectivity index (χ3v) is 7.08. The van der Waals surface area contributed by atoms with Crippen molar-refractivity contribution >= 4 is 19.8 Å². The SMILES string of the molecule is CCC[Si](OCC)(OCC)OC(C)OCC1(CC)COC1.[SiH4]. The summed E-state index contributed by atoms with van der Waals surface area (Å²) in [7, 11) is -2.61. The summed E-state index contributed by atoms with van der Waals surface area (Å²) in [6, 6.07) is 0.824. The molecule has 134 valence electrons. The van der Waals surface area contributed by atoms with Crippen LogP contribution >= 0.6 is 0 Å². The molecule has 7 heteroatoms. The van der Waals surface area contributed by atoms with E-state index in [0.29, 0.717) is 19.8 Å². The Hall–Kier alpha value is 0.234. The molecular formula is C15H36O5Si2. The summed E-state index contributed by atoms with van der Waals surface area (Å²) in [6.45, 7) is 13.6. The van der Waals surface area contributed by atoms with Gasteiger partial charge in [0.25, 0.3) is 0 Å². The molecule has 1 aliphatic rings. The maximum Gasteiger partial charge on any atom is 0.502 e. The topological polar surface area (TPSA) is 46.2 Å². The van der Waals surface area contributed by atoms with Crippen LogP contribution in [0, 0.1) is 5.41 Å². The van der Waals surface area contributed by atoms with E-state index >= 15 is 0 Å². The minimum Gasteiger partial charge on any atom is -0.380 e. The van der Waals surface area contributed by atoms with Crippen molar-refractivity contribution in [3.8, 4) is 0 Å². The van der Waals surface area contributed by atoms with Crippen LogP contribution in [0.15, 0.2) is 0 Å². The van der Waals surface area contributed by atoms with Crippen LogP contribution in [0.5, 0.6) is 0 Å². The molecule has 0 aliphatic carbocycles. The zero-order valence-electron chi connectivity index (χ0n) is 14.3. The van der Waals surface area contributed by atoms with Gasteiger partial charge in [-0.1, -0.05) is 20.3 Å². The fourth-order valence-corrected chi connectivity index (χ4v) is 5.11. The Kier molecular flexibility index (Phi) is 11.0. The normalized spacial score (nSPS) is 18.4. The van der Waals surface area contributed by atoms with Crippen molar-refractivity contribution in [3.63, 3.8) is 0 Å². The van der Waals surface area contributed by atoms with E-state index in [2.05, 4.69) is 13.8 Å². The predicted molar refractivity (Wildman–Crippen MR) is 95.5 cm³/mol. The molecule has 0 aromatic heterocycles. The van der Waals surface area contributed by atoms with Gasteiger partial charge in [-0.3, -0.25) is 0 Å². The quantitative estimate of drug-likeness (QED) is 0.396. The smallest absolute Gasteiger partial charge is 0.380 e. The maximum absolute atomic E-state index is 6.10. The van der Waals surface area contributed by atoms with Crippen LogP contribution in [0.2, 0.25) is 6.04 Å². The van der Waals surface area contributed by atoms with Crippen molar-refractivity contribution in [2.75, 3.05) is 33.0 Å². The molecule has 1 fully saturated rings. The van der Waals surface area contributed by atoms with E-state index in [4.69, 9.17) is 22.8 Å². The summed E-state index contributed by atoms with van der Waals surface area (Å²) >= 11 is 0. The third-order valence-electron chi connectivity index (χ3n) is 3.82. The van der Waals surface area contributed by atoms with E-state index in [0.717, 1.165) is 32.1 Å². The van der Waals surface area contributed by atoms with Crippen LogP contribution < -0.4 is 0 Å². The van der Waals surface area contributed by atoms with Gasteiger partial charge < -0.3 is 22.8 Å². The van der Waals surface area contributed by atoms with Gasteiger partial charge in [0.1, 0.15) is 6.29 Å². The number of rotatable bonds is 12. The average Bonchev–Trinajstić information content (AvgIpc) is 2.39. The highest BCUT2D eigenvalue weighted by Gasteiger charge is 2.43. The van der Waals surface area contributed by atoms with Crippen LogP contribution in [0.3, 0.4) is 0 Å². The molecule has 0 N–H and O–H groups in total. The number of hydrogen-bond acceptors (Lipinski definition) is 5. The maximum atomic E-state index is 6.10. The Balaban J connectivity index is 0.00000441. The zero-order valence-corrected chi connectivity index (χ0v) is 15.3. The van der Waals surface area contributed by atoms with Crippen molar-refractivity contribution in [2.24, 2.45) is 5.41 Å². The predicted octanol–water partition coefficient (Wildman–Crippen LogP) is 1.76. The highest BCUT2D eigenvalue weighted by atomic mass is 28.4. The standard InChI is InChI=1S/C15H32O5Si.H4Si/c1-6-10-21(18-8-3,19-9-4)20-14(5)17-13-15(7-2)11-16-12-15;/h14H,6-13H2,1-5H3;1H4. The second-order valence-corrected chi connectivity index (χ2v) is 8.32. The minimum absolute atomic E-state index is 0. The van der Waals surface area contributed by atoms with Crippen LogP contribution in [-0.2, 0) is 22.8 Å². The molecule has 0 aromatic rings. The molecule has 22 heavy (non-hydrogen) atoms. The first kappa shape index (κ1) is 22.2. The van der Waals surface area contributed by atoms with E-state index in [9.17, 15) is 0 Å². The second kappa shape index (κ2) is 10.9. The molecule has 0 spiro atoms. The molecule has 0 aromatic carbocycles.